The minimum Gasteiger partial charge on any atom is -0.385 e. The van der Waals surface area contributed by atoms with Crippen LogP contribution in [0.2, 0.25) is 5.02 Å². The van der Waals surface area contributed by atoms with Crippen molar-refractivity contribution in [2.45, 2.75) is 30.6 Å². The SMILES string of the molecule is COCCCC1CCCN(S(=O)(=O)c2cccc(Cl)c2)C1. The zero-order valence-electron chi connectivity index (χ0n) is 12.3. The Labute approximate surface area is 132 Å². The van der Waals surface area contributed by atoms with Crippen LogP contribution in [0.5, 0.6) is 0 Å². The van der Waals surface area contributed by atoms with Gasteiger partial charge in [-0.05, 0) is 49.8 Å². The summed E-state index contributed by atoms with van der Waals surface area (Å²) in [6.07, 6.45) is 3.99. The molecular weight excluding hydrogens is 310 g/mol. The molecule has 6 heteroatoms. The van der Waals surface area contributed by atoms with Gasteiger partial charge in [0.05, 0.1) is 4.90 Å². The molecule has 1 aromatic rings. The van der Waals surface area contributed by atoms with Gasteiger partial charge in [0.2, 0.25) is 10.0 Å². The van der Waals surface area contributed by atoms with Crippen molar-refractivity contribution < 1.29 is 13.2 Å². The quantitative estimate of drug-likeness (QED) is 0.752. The lowest BCUT2D eigenvalue weighted by Gasteiger charge is -2.32. The van der Waals surface area contributed by atoms with Gasteiger partial charge in [0, 0.05) is 31.8 Å². The highest BCUT2D eigenvalue weighted by Gasteiger charge is 2.30. The molecule has 1 fully saturated rings. The normalized spacial score (nSPS) is 20.6. The van der Waals surface area contributed by atoms with Gasteiger partial charge in [0.15, 0.2) is 0 Å². The van der Waals surface area contributed by atoms with Gasteiger partial charge in [-0.1, -0.05) is 17.7 Å². The maximum absolute atomic E-state index is 12.7. The predicted molar refractivity (Wildman–Crippen MR) is 84.0 cm³/mol. The standard InChI is InChI=1S/C15H22ClNO3S/c1-20-10-4-6-13-5-3-9-17(12-13)21(18,19)15-8-2-7-14(16)11-15/h2,7-8,11,13H,3-6,9-10,12H2,1H3. The van der Waals surface area contributed by atoms with Crippen LogP contribution in [0.1, 0.15) is 25.7 Å². The van der Waals surface area contributed by atoms with Crippen LogP contribution in [-0.2, 0) is 14.8 Å². The smallest absolute Gasteiger partial charge is 0.243 e. The average molecular weight is 332 g/mol. The molecule has 0 spiro atoms. The van der Waals surface area contributed by atoms with Crippen LogP contribution in [0.15, 0.2) is 29.2 Å². The first-order chi connectivity index (χ1) is 10.0. The molecule has 1 heterocycles. The Morgan fingerprint density at radius 2 is 2.24 bits per heavy atom. The first kappa shape index (κ1) is 16.7. The largest absolute Gasteiger partial charge is 0.385 e. The second-order valence-electron chi connectivity index (χ2n) is 5.46. The van der Waals surface area contributed by atoms with Gasteiger partial charge in [-0.15, -0.1) is 0 Å². The zero-order valence-corrected chi connectivity index (χ0v) is 13.9. The first-order valence-electron chi connectivity index (χ1n) is 7.28. The Balaban J connectivity index is 2.06. The van der Waals surface area contributed by atoms with Gasteiger partial charge in [0.1, 0.15) is 0 Å². The number of sulfonamides is 1. The lowest BCUT2D eigenvalue weighted by molar-refractivity contribution is 0.175. The predicted octanol–water partition coefficient (Wildman–Crippen LogP) is 3.17. The number of hydrogen-bond acceptors (Lipinski definition) is 3. The fourth-order valence-corrected chi connectivity index (χ4v) is 4.63. The Morgan fingerprint density at radius 1 is 1.43 bits per heavy atom. The van der Waals surface area contributed by atoms with Gasteiger partial charge >= 0.3 is 0 Å². The fraction of sp³-hybridized carbons (Fsp3) is 0.600. The van der Waals surface area contributed by atoms with Gasteiger partial charge in [-0.2, -0.15) is 4.31 Å². The summed E-state index contributed by atoms with van der Waals surface area (Å²) in [4.78, 5) is 0.285. The van der Waals surface area contributed by atoms with E-state index in [1.807, 2.05) is 0 Å². The van der Waals surface area contributed by atoms with Crippen molar-refractivity contribution >= 4 is 21.6 Å². The number of hydrogen-bond donors (Lipinski definition) is 0. The molecule has 1 saturated heterocycles. The van der Waals surface area contributed by atoms with Crippen LogP contribution in [0.3, 0.4) is 0 Å². The number of nitrogens with zero attached hydrogens (tertiary/aromatic N) is 1. The monoisotopic (exact) mass is 331 g/mol. The summed E-state index contributed by atoms with van der Waals surface area (Å²) in [5.74, 6) is 0.419. The summed E-state index contributed by atoms with van der Waals surface area (Å²) in [5.41, 5.74) is 0. The molecule has 1 aliphatic heterocycles. The van der Waals surface area contributed by atoms with Crippen molar-refractivity contribution in [3.8, 4) is 0 Å². The van der Waals surface area contributed by atoms with Gasteiger partial charge in [-0.3, -0.25) is 0 Å². The Bertz CT molecular complexity index is 562. The van der Waals surface area contributed by atoms with Gasteiger partial charge in [0.25, 0.3) is 0 Å². The summed E-state index contributed by atoms with van der Waals surface area (Å²) in [5, 5.41) is 0.449. The second kappa shape index (κ2) is 7.58. The first-order valence-corrected chi connectivity index (χ1v) is 9.10. The van der Waals surface area contributed by atoms with Crippen LogP contribution in [-0.4, -0.2) is 39.5 Å². The molecular formula is C15H22ClNO3S. The average Bonchev–Trinajstić information content (AvgIpc) is 2.48. The second-order valence-corrected chi connectivity index (χ2v) is 7.84. The van der Waals surface area contributed by atoms with Crippen LogP contribution in [0.25, 0.3) is 0 Å². The van der Waals surface area contributed by atoms with Gasteiger partial charge < -0.3 is 4.74 Å². The number of rotatable bonds is 6. The minimum absolute atomic E-state index is 0.285. The maximum Gasteiger partial charge on any atom is 0.243 e. The van der Waals surface area contributed by atoms with E-state index < -0.39 is 10.0 Å². The van der Waals surface area contributed by atoms with E-state index >= 15 is 0 Å². The lowest BCUT2D eigenvalue weighted by atomic mass is 9.95. The molecule has 21 heavy (non-hydrogen) atoms. The Kier molecular flexibility index (Phi) is 6.05. The molecule has 0 radical (unpaired) electrons. The number of ether oxygens (including phenoxy) is 1. The Hall–Kier alpha value is -0.620. The van der Waals surface area contributed by atoms with Crippen LogP contribution >= 0.6 is 11.6 Å². The van der Waals surface area contributed by atoms with E-state index in [4.69, 9.17) is 16.3 Å². The summed E-state index contributed by atoms with van der Waals surface area (Å²) >= 11 is 5.91. The molecule has 0 aliphatic carbocycles. The van der Waals surface area contributed by atoms with E-state index in [1.165, 1.54) is 6.07 Å². The highest BCUT2D eigenvalue weighted by Crippen LogP contribution is 2.27. The van der Waals surface area contributed by atoms with Crippen molar-refractivity contribution in [1.82, 2.24) is 4.31 Å². The third-order valence-electron chi connectivity index (χ3n) is 3.88. The highest BCUT2D eigenvalue weighted by atomic mass is 35.5. The molecule has 0 saturated carbocycles. The number of methoxy groups -OCH3 is 1. The van der Waals surface area contributed by atoms with Crippen molar-refractivity contribution in [3.63, 3.8) is 0 Å². The topological polar surface area (TPSA) is 46.6 Å². The van der Waals surface area contributed by atoms with Crippen LogP contribution in [0, 0.1) is 5.92 Å². The highest BCUT2D eigenvalue weighted by molar-refractivity contribution is 7.89. The summed E-state index contributed by atoms with van der Waals surface area (Å²) in [6.45, 7) is 1.92. The van der Waals surface area contributed by atoms with E-state index in [-0.39, 0.29) is 4.90 Å². The van der Waals surface area contributed by atoms with E-state index in [0.29, 0.717) is 24.0 Å². The molecule has 0 N–H and O–H groups in total. The molecule has 2 rings (SSSR count). The molecule has 118 valence electrons. The third-order valence-corrected chi connectivity index (χ3v) is 5.97. The van der Waals surface area contributed by atoms with E-state index in [2.05, 4.69) is 0 Å². The lowest BCUT2D eigenvalue weighted by Crippen LogP contribution is -2.39. The van der Waals surface area contributed by atoms with Crippen LogP contribution in [0.4, 0.5) is 0 Å². The summed E-state index contributed by atoms with van der Waals surface area (Å²) < 4.78 is 32.0. The van der Waals surface area contributed by atoms with E-state index in [9.17, 15) is 8.42 Å². The fourth-order valence-electron chi connectivity index (χ4n) is 2.77. The summed E-state index contributed by atoms with van der Waals surface area (Å²) in [6, 6.07) is 6.49. The Morgan fingerprint density at radius 3 is 2.95 bits per heavy atom. The van der Waals surface area contributed by atoms with E-state index in [1.54, 1.807) is 29.6 Å². The number of benzene rings is 1. The molecule has 0 amide bonds. The molecule has 1 aliphatic rings. The molecule has 0 aromatic heterocycles. The maximum atomic E-state index is 12.7. The molecule has 4 nitrogen and oxygen atoms in total. The number of halogens is 1. The zero-order chi connectivity index (χ0) is 15.3. The molecule has 0 bridgehead atoms. The minimum atomic E-state index is -3.43. The van der Waals surface area contributed by atoms with E-state index in [0.717, 1.165) is 32.3 Å². The van der Waals surface area contributed by atoms with Gasteiger partial charge in [-0.25, -0.2) is 8.42 Å². The molecule has 1 unspecified atom stereocenters. The van der Waals surface area contributed by atoms with Crippen molar-refractivity contribution in [1.29, 1.82) is 0 Å². The molecule has 1 atom stereocenters. The summed E-state index contributed by atoms with van der Waals surface area (Å²) in [7, 11) is -1.74. The number of piperidine rings is 1. The third kappa shape index (κ3) is 4.42. The molecule has 1 aromatic carbocycles. The van der Waals surface area contributed by atoms with Crippen molar-refractivity contribution in [3.05, 3.63) is 29.3 Å². The van der Waals surface area contributed by atoms with Crippen molar-refractivity contribution in [2.24, 2.45) is 5.92 Å². The van der Waals surface area contributed by atoms with Crippen molar-refractivity contribution in [2.75, 3.05) is 26.8 Å². The van der Waals surface area contributed by atoms with Crippen LogP contribution < -0.4 is 0 Å².